The summed E-state index contributed by atoms with van der Waals surface area (Å²) in [7, 11) is 1.24. The van der Waals surface area contributed by atoms with Gasteiger partial charge >= 0.3 is 5.97 Å². The molecule has 1 aromatic rings. The van der Waals surface area contributed by atoms with Crippen molar-refractivity contribution in [3.63, 3.8) is 0 Å². The summed E-state index contributed by atoms with van der Waals surface area (Å²) in [6, 6.07) is 4.33. The number of hydrogen-bond acceptors (Lipinski definition) is 5. The fourth-order valence-corrected chi connectivity index (χ4v) is 1.54. The highest BCUT2D eigenvalue weighted by Gasteiger charge is 2.27. The van der Waals surface area contributed by atoms with E-state index < -0.39 is 17.9 Å². The number of methoxy groups -OCH3 is 1. The highest BCUT2D eigenvalue weighted by atomic mass is 16.5. The molecule has 100 valence electrons. The normalized spacial score (nSPS) is 12.9. The van der Waals surface area contributed by atoms with Crippen LogP contribution in [0, 0.1) is 17.2 Å². The van der Waals surface area contributed by atoms with Crippen LogP contribution >= 0.6 is 0 Å². The van der Waals surface area contributed by atoms with Crippen LogP contribution in [0.15, 0.2) is 24.5 Å². The van der Waals surface area contributed by atoms with Gasteiger partial charge in [-0.25, -0.2) is 4.79 Å². The Labute approximate surface area is 111 Å². The number of nitrogens with zero attached hydrogens (tertiary/aromatic N) is 2. The number of pyridine rings is 1. The van der Waals surface area contributed by atoms with E-state index in [9.17, 15) is 9.59 Å². The van der Waals surface area contributed by atoms with Crippen LogP contribution in [0.2, 0.25) is 0 Å². The van der Waals surface area contributed by atoms with Crippen LogP contribution in [0.5, 0.6) is 0 Å². The Morgan fingerprint density at radius 3 is 2.84 bits per heavy atom. The van der Waals surface area contributed by atoms with E-state index in [1.807, 2.05) is 6.07 Å². The molecule has 0 unspecified atom stereocenters. The molecule has 1 aromatic heterocycles. The van der Waals surface area contributed by atoms with Gasteiger partial charge in [-0.15, -0.1) is 0 Å². The van der Waals surface area contributed by atoms with Crippen molar-refractivity contribution in [2.45, 2.75) is 19.4 Å². The Morgan fingerprint density at radius 2 is 2.32 bits per heavy atom. The number of nitrogens with one attached hydrogen (secondary N) is 1. The van der Waals surface area contributed by atoms with Crippen LogP contribution in [0.3, 0.4) is 0 Å². The molecule has 0 fully saturated rings. The third-order valence-electron chi connectivity index (χ3n) is 2.65. The lowest BCUT2D eigenvalue weighted by molar-refractivity contribution is -0.144. The number of ether oxygens (including phenoxy) is 1. The summed E-state index contributed by atoms with van der Waals surface area (Å²) in [5.74, 6) is -1.33. The molecule has 0 saturated heterocycles. The van der Waals surface area contributed by atoms with Crippen LogP contribution in [0.1, 0.15) is 23.7 Å². The number of aromatic nitrogens is 1. The molecule has 0 aliphatic rings. The monoisotopic (exact) mass is 261 g/mol. The summed E-state index contributed by atoms with van der Waals surface area (Å²) >= 11 is 0. The van der Waals surface area contributed by atoms with E-state index in [1.54, 1.807) is 25.3 Å². The van der Waals surface area contributed by atoms with Crippen molar-refractivity contribution < 1.29 is 14.3 Å². The van der Waals surface area contributed by atoms with Crippen LogP contribution < -0.4 is 5.32 Å². The zero-order valence-corrected chi connectivity index (χ0v) is 10.8. The lowest BCUT2D eigenvalue weighted by atomic mass is 9.98. The van der Waals surface area contributed by atoms with Gasteiger partial charge in [0.1, 0.15) is 6.04 Å². The zero-order chi connectivity index (χ0) is 14.3. The largest absolute Gasteiger partial charge is 0.467 e. The molecule has 0 aliphatic heterocycles. The summed E-state index contributed by atoms with van der Waals surface area (Å²) < 4.78 is 4.64. The van der Waals surface area contributed by atoms with Crippen LogP contribution in [0.4, 0.5) is 0 Å². The SMILES string of the molecule is COC(=O)[C@@H](NC(=O)c1cccnc1)[C@@H](C)CC#N. The molecule has 0 aliphatic carbocycles. The van der Waals surface area contributed by atoms with Crippen molar-refractivity contribution in [2.24, 2.45) is 5.92 Å². The summed E-state index contributed by atoms with van der Waals surface area (Å²) in [5.41, 5.74) is 0.348. The molecule has 2 atom stereocenters. The van der Waals surface area contributed by atoms with Gasteiger partial charge in [-0.2, -0.15) is 5.26 Å². The molecular formula is C13H15N3O3. The Balaban J connectivity index is 2.81. The van der Waals surface area contributed by atoms with Crippen molar-refractivity contribution in [3.8, 4) is 6.07 Å². The molecule has 0 radical (unpaired) electrons. The number of carbonyl (C=O) groups is 2. The fraction of sp³-hybridized carbons (Fsp3) is 0.385. The minimum Gasteiger partial charge on any atom is -0.467 e. The average molecular weight is 261 g/mol. The Hall–Kier alpha value is -2.42. The van der Waals surface area contributed by atoms with Crippen molar-refractivity contribution in [3.05, 3.63) is 30.1 Å². The highest BCUT2D eigenvalue weighted by Crippen LogP contribution is 2.10. The fourth-order valence-electron chi connectivity index (χ4n) is 1.54. The third-order valence-corrected chi connectivity index (χ3v) is 2.65. The van der Waals surface area contributed by atoms with E-state index in [0.29, 0.717) is 5.56 Å². The van der Waals surface area contributed by atoms with Gasteiger partial charge in [0.2, 0.25) is 0 Å². The molecule has 0 bridgehead atoms. The molecule has 6 heteroatoms. The maximum absolute atomic E-state index is 11.9. The van der Waals surface area contributed by atoms with Gasteiger partial charge in [0.15, 0.2) is 0 Å². The van der Waals surface area contributed by atoms with Crippen molar-refractivity contribution in [1.82, 2.24) is 10.3 Å². The number of carbonyl (C=O) groups excluding carboxylic acids is 2. The maximum Gasteiger partial charge on any atom is 0.328 e. The quantitative estimate of drug-likeness (QED) is 0.795. The number of amides is 1. The van der Waals surface area contributed by atoms with Gasteiger partial charge in [-0.05, 0) is 12.1 Å². The zero-order valence-electron chi connectivity index (χ0n) is 10.8. The highest BCUT2D eigenvalue weighted by molar-refractivity contribution is 5.96. The van der Waals surface area contributed by atoms with E-state index in [2.05, 4.69) is 15.0 Å². The second-order valence-electron chi connectivity index (χ2n) is 4.06. The minimum absolute atomic E-state index is 0.146. The summed E-state index contributed by atoms with van der Waals surface area (Å²) in [4.78, 5) is 27.4. The van der Waals surface area contributed by atoms with Gasteiger partial charge in [0, 0.05) is 24.7 Å². The maximum atomic E-state index is 11.9. The number of rotatable bonds is 5. The summed E-state index contributed by atoms with van der Waals surface area (Å²) in [5, 5.41) is 11.2. The first kappa shape index (κ1) is 14.6. The Bertz CT molecular complexity index is 482. The number of nitriles is 1. The molecule has 0 aromatic carbocycles. The molecule has 1 amide bonds. The lowest BCUT2D eigenvalue weighted by Gasteiger charge is -2.20. The molecule has 19 heavy (non-hydrogen) atoms. The van der Waals surface area contributed by atoms with Gasteiger partial charge in [0.25, 0.3) is 5.91 Å². The predicted molar refractivity (Wildman–Crippen MR) is 66.9 cm³/mol. The minimum atomic E-state index is -0.850. The Kier molecular flexibility index (Phi) is 5.48. The smallest absolute Gasteiger partial charge is 0.328 e. The first-order valence-corrected chi connectivity index (χ1v) is 5.75. The number of esters is 1. The van der Waals surface area contributed by atoms with E-state index in [-0.39, 0.29) is 12.3 Å². The summed E-state index contributed by atoms with van der Waals surface area (Å²) in [6.07, 6.45) is 3.10. The molecular weight excluding hydrogens is 246 g/mol. The average Bonchev–Trinajstić information content (AvgIpc) is 2.44. The van der Waals surface area contributed by atoms with E-state index in [0.717, 1.165) is 0 Å². The molecule has 1 N–H and O–H groups in total. The van der Waals surface area contributed by atoms with E-state index in [4.69, 9.17) is 5.26 Å². The Morgan fingerprint density at radius 1 is 1.58 bits per heavy atom. The first-order valence-electron chi connectivity index (χ1n) is 5.75. The van der Waals surface area contributed by atoms with Crippen molar-refractivity contribution in [2.75, 3.05) is 7.11 Å². The van der Waals surface area contributed by atoms with Crippen LogP contribution in [-0.2, 0) is 9.53 Å². The molecule has 0 spiro atoms. The molecule has 1 rings (SSSR count). The second kappa shape index (κ2) is 7.11. The standard InChI is InChI=1S/C13H15N3O3/c1-9(5-6-14)11(13(18)19-2)16-12(17)10-4-3-7-15-8-10/h3-4,7-9,11H,5H2,1-2H3,(H,16,17)/t9-,11-/m0/s1. The van der Waals surface area contributed by atoms with E-state index in [1.165, 1.54) is 13.3 Å². The van der Waals surface area contributed by atoms with Crippen molar-refractivity contribution >= 4 is 11.9 Å². The van der Waals surface area contributed by atoms with Crippen molar-refractivity contribution in [1.29, 1.82) is 5.26 Å². The molecule has 1 heterocycles. The number of hydrogen-bond donors (Lipinski definition) is 1. The van der Waals surface area contributed by atoms with Crippen LogP contribution in [-0.4, -0.2) is 30.0 Å². The second-order valence-corrected chi connectivity index (χ2v) is 4.06. The molecule has 6 nitrogen and oxygen atoms in total. The van der Waals surface area contributed by atoms with Gasteiger partial charge < -0.3 is 10.1 Å². The first-order chi connectivity index (χ1) is 9.10. The predicted octanol–water partition coefficient (Wildman–Crippen LogP) is 0.903. The van der Waals surface area contributed by atoms with Gasteiger partial charge in [-0.3, -0.25) is 9.78 Å². The van der Waals surface area contributed by atoms with Gasteiger partial charge in [-0.1, -0.05) is 6.92 Å². The summed E-state index contributed by atoms with van der Waals surface area (Å²) in [6.45, 7) is 1.70. The van der Waals surface area contributed by atoms with Gasteiger partial charge in [0.05, 0.1) is 18.7 Å². The molecule has 0 saturated carbocycles. The van der Waals surface area contributed by atoms with E-state index >= 15 is 0 Å². The topological polar surface area (TPSA) is 92.1 Å². The van der Waals surface area contributed by atoms with Crippen LogP contribution in [0.25, 0.3) is 0 Å². The third kappa shape index (κ3) is 4.07. The lowest BCUT2D eigenvalue weighted by Crippen LogP contribution is -2.45.